The zero-order chi connectivity index (χ0) is 23.6. The second kappa shape index (κ2) is 12.9. The average molecular weight is 461 g/mol. The van der Waals surface area contributed by atoms with Crippen molar-refractivity contribution in [2.75, 3.05) is 47.0 Å². The van der Waals surface area contributed by atoms with Crippen LogP contribution in [-0.4, -0.2) is 80.7 Å². The van der Waals surface area contributed by atoms with Crippen LogP contribution in [0, 0.1) is 5.92 Å². The van der Waals surface area contributed by atoms with Crippen LogP contribution in [0.2, 0.25) is 0 Å². The summed E-state index contributed by atoms with van der Waals surface area (Å²) < 4.78 is 10.5. The van der Waals surface area contributed by atoms with Crippen molar-refractivity contribution in [3.8, 4) is 5.75 Å². The van der Waals surface area contributed by atoms with Crippen LogP contribution in [0.5, 0.6) is 5.75 Å². The number of carbonyl (C=O) groups excluding carboxylic acids is 2. The number of carbonyl (C=O) groups is 2. The van der Waals surface area contributed by atoms with Gasteiger partial charge in [0.15, 0.2) is 0 Å². The number of likely N-dealkylation sites (tertiary alicyclic amines) is 1. The van der Waals surface area contributed by atoms with E-state index in [2.05, 4.69) is 22.3 Å². The normalized spacial score (nSPS) is 21.4. The van der Waals surface area contributed by atoms with E-state index in [0.29, 0.717) is 32.0 Å². The number of benzene rings is 1. The average Bonchev–Trinajstić information content (AvgIpc) is 3.29. The minimum atomic E-state index is -0.497. The highest BCUT2D eigenvalue weighted by Gasteiger charge is 2.42. The predicted octanol–water partition coefficient (Wildman–Crippen LogP) is 1.77. The lowest BCUT2D eigenvalue weighted by molar-refractivity contribution is -0.141. The third-order valence-electron chi connectivity index (χ3n) is 6.87. The summed E-state index contributed by atoms with van der Waals surface area (Å²) in [6.45, 7) is 3.03. The number of methoxy groups -OCH3 is 2. The molecule has 8 nitrogen and oxygen atoms in total. The Hall–Kier alpha value is -2.16. The molecule has 33 heavy (non-hydrogen) atoms. The van der Waals surface area contributed by atoms with Crippen molar-refractivity contribution in [1.29, 1.82) is 0 Å². The fraction of sp³-hybridized carbons (Fsp3) is 0.680. The number of nitrogens with one attached hydrogen (secondary N) is 1. The van der Waals surface area contributed by atoms with E-state index in [1.54, 1.807) is 12.0 Å². The SMILES string of the molecule is COCC(=O)N1CC(N(Cc2cccc(OC)c2)CC2CCCCC2)CC1C(=O)NCCN. The second-order valence-corrected chi connectivity index (χ2v) is 9.25. The molecule has 2 amide bonds. The Kier molecular flexibility index (Phi) is 9.96. The molecule has 1 aromatic carbocycles. The molecule has 1 aliphatic carbocycles. The highest BCUT2D eigenvalue weighted by atomic mass is 16.5. The molecule has 2 unspecified atom stereocenters. The molecule has 0 bridgehead atoms. The molecule has 1 heterocycles. The van der Waals surface area contributed by atoms with Crippen LogP contribution in [0.1, 0.15) is 44.1 Å². The van der Waals surface area contributed by atoms with E-state index in [1.807, 2.05) is 12.1 Å². The first-order valence-electron chi connectivity index (χ1n) is 12.2. The van der Waals surface area contributed by atoms with Crippen molar-refractivity contribution in [2.45, 2.75) is 57.2 Å². The van der Waals surface area contributed by atoms with E-state index in [-0.39, 0.29) is 24.5 Å². The molecule has 8 heteroatoms. The molecule has 1 aliphatic heterocycles. The number of amides is 2. The Labute approximate surface area is 197 Å². The van der Waals surface area contributed by atoms with Gasteiger partial charge in [-0.05, 0) is 42.9 Å². The fourth-order valence-electron chi connectivity index (χ4n) is 5.17. The van der Waals surface area contributed by atoms with Crippen molar-refractivity contribution in [3.63, 3.8) is 0 Å². The summed E-state index contributed by atoms with van der Waals surface area (Å²) in [5.41, 5.74) is 6.75. The monoisotopic (exact) mass is 460 g/mol. The molecule has 3 N–H and O–H groups in total. The Bertz CT molecular complexity index is 769. The molecule has 1 saturated carbocycles. The van der Waals surface area contributed by atoms with Crippen molar-refractivity contribution in [3.05, 3.63) is 29.8 Å². The zero-order valence-corrected chi connectivity index (χ0v) is 20.1. The van der Waals surface area contributed by atoms with Gasteiger partial charge in [-0.3, -0.25) is 14.5 Å². The van der Waals surface area contributed by atoms with E-state index in [9.17, 15) is 9.59 Å². The molecule has 3 rings (SSSR count). The summed E-state index contributed by atoms with van der Waals surface area (Å²) in [6, 6.07) is 7.76. The Balaban J connectivity index is 1.80. The van der Waals surface area contributed by atoms with E-state index in [1.165, 1.54) is 44.8 Å². The maximum absolute atomic E-state index is 12.9. The number of ether oxygens (including phenoxy) is 2. The number of nitrogens with two attached hydrogens (primary N) is 1. The molecule has 0 radical (unpaired) electrons. The lowest BCUT2D eigenvalue weighted by Gasteiger charge is -2.34. The zero-order valence-electron chi connectivity index (χ0n) is 20.1. The van der Waals surface area contributed by atoms with Crippen LogP contribution in [0.15, 0.2) is 24.3 Å². The number of rotatable bonds is 11. The van der Waals surface area contributed by atoms with Crippen molar-refractivity contribution >= 4 is 11.8 Å². The predicted molar refractivity (Wildman–Crippen MR) is 128 cm³/mol. The first-order chi connectivity index (χ1) is 16.0. The van der Waals surface area contributed by atoms with Gasteiger partial charge in [0.25, 0.3) is 0 Å². The molecule has 2 atom stereocenters. The van der Waals surface area contributed by atoms with Gasteiger partial charge in [-0.25, -0.2) is 0 Å². The summed E-state index contributed by atoms with van der Waals surface area (Å²) in [4.78, 5) is 29.9. The molecule has 2 aliphatic rings. The van der Waals surface area contributed by atoms with Crippen molar-refractivity contribution in [1.82, 2.24) is 15.1 Å². The van der Waals surface area contributed by atoms with Crippen LogP contribution in [0.3, 0.4) is 0 Å². The maximum Gasteiger partial charge on any atom is 0.249 e. The number of nitrogens with zero attached hydrogens (tertiary/aromatic N) is 2. The second-order valence-electron chi connectivity index (χ2n) is 9.25. The number of hydrogen-bond acceptors (Lipinski definition) is 6. The largest absolute Gasteiger partial charge is 0.497 e. The smallest absolute Gasteiger partial charge is 0.249 e. The van der Waals surface area contributed by atoms with Crippen LogP contribution in [-0.2, 0) is 20.9 Å². The van der Waals surface area contributed by atoms with Crippen LogP contribution < -0.4 is 15.8 Å². The lowest BCUT2D eigenvalue weighted by atomic mass is 9.88. The molecule has 0 spiro atoms. The Morgan fingerprint density at radius 1 is 1.21 bits per heavy atom. The van der Waals surface area contributed by atoms with Gasteiger partial charge in [0, 0.05) is 45.9 Å². The van der Waals surface area contributed by atoms with Crippen LogP contribution >= 0.6 is 0 Å². The summed E-state index contributed by atoms with van der Waals surface area (Å²) in [7, 11) is 3.19. The summed E-state index contributed by atoms with van der Waals surface area (Å²) in [5, 5.41) is 2.87. The molecule has 1 aromatic rings. The van der Waals surface area contributed by atoms with Gasteiger partial charge in [-0.15, -0.1) is 0 Å². The summed E-state index contributed by atoms with van der Waals surface area (Å²) in [5.74, 6) is 1.21. The van der Waals surface area contributed by atoms with Gasteiger partial charge < -0.3 is 25.4 Å². The summed E-state index contributed by atoms with van der Waals surface area (Å²) >= 11 is 0. The molecule has 2 fully saturated rings. The van der Waals surface area contributed by atoms with E-state index in [4.69, 9.17) is 15.2 Å². The first kappa shape index (κ1) is 25.5. The third kappa shape index (κ3) is 7.16. The molecular weight excluding hydrogens is 420 g/mol. The third-order valence-corrected chi connectivity index (χ3v) is 6.87. The Morgan fingerprint density at radius 3 is 2.70 bits per heavy atom. The molecule has 184 valence electrons. The maximum atomic E-state index is 12.9. The lowest BCUT2D eigenvalue weighted by Crippen LogP contribution is -2.48. The van der Waals surface area contributed by atoms with E-state index < -0.39 is 6.04 Å². The Morgan fingerprint density at radius 2 is 2.00 bits per heavy atom. The van der Waals surface area contributed by atoms with E-state index >= 15 is 0 Å². The van der Waals surface area contributed by atoms with E-state index in [0.717, 1.165) is 18.8 Å². The van der Waals surface area contributed by atoms with Gasteiger partial charge in [-0.2, -0.15) is 0 Å². The van der Waals surface area contributed by atoms with Gasteiger partial charge in [0.1, 0.15) is 18.4 Å². The fourth-order valence-corrected chi connectivity index (χ4v) is 5.17. The van der Waals surface area contributed by atoms with Crippen molar-refractivity contribution < 1.29 is 19.1 Å². The standard InChI is InChI=1S/C25H40N4O4/c1-32-18-24(30)29-17-21(14-23(29)25(31)27-12-11-26)28(15-19-7-4-3-5-8-19)16-20-9-6-10-22(13-20)33-2/h6,9-10,13,19,21,23H,3-5,7-8,11-12,14-18,26H2,1-2H3,(H,27,31). The topological polar surface area (TPSA) is 97.1 Å². The van der Waals surface area contributed by atoms with Crippen LogP contribution in [0.25, 0.3) is 0 Å². The quantitative estimate of drug-likeness (QED) is 0.522. The van der Waals surface area contributed by atoms with Gasteiger partial charge in [-0.1, -0.05) is 31.4 Å². The van der Waals surface area contributed by atoms with Gasteiger partial charge in [0.05, 0.1) is 7.11 Å². The van der Waals surface area contributed by atoms with Gasteiger partial charge >= 0.3 is 0 Å². The van der Waals surface area contributed by atoms with Crippen LogP contribution in [0.4, 0.5) is 0 Å². The number of hydrogen-bond donors (Lipinski definition) is 2. The highest BCUT2D eigenvalue weighted by molar-refractivity contribution is 5.88. The molecule has 0 aromatic heterocycles. The molecular formula is C25H40N4O4. The minimum Gasteiger partial charge on any atom is -0.497 e. The van der Waals surface area contributed by atoms with Crippen molar-refractivity contribution in [2.24, 2.45) is 11.7 Å². The van der Waals surface area contributed by atoms with Gasteiger partial charge in [0.2, 0.25) is 11.8 Å². The minimum absolute atomic E-state index is 0.0219. The highest BCUT2D eigenvalue weighted by Crippen LogP contribution is 2.30. The molecule has 1 saturated heterocycles. The summed E-state index contributed by atoms with van der Waals surface area (Å²) in [6.07, 6.45) is 6.99. The first-order valence-corrected chi connectivity index (χ1v) is 12.2.